The van der Waals surface area contributed by atoms with Gasteiger partial charge < -0.3 is 0 Å². The third kappa shape index (κ3) is 4.16. The Bertz CT molecular complexity index is 804. The van der Waals surface area contributed by atoms with Gasteiger partial charge in [0.05, 0.1) is 9.82 Å². The number of hydrogen-bond donors (Lipinski definition) is 0. The molecule has 1 aromatic carbocycles. The second-order valence-corrected chi connectivity index (χ2v) is 8.55. The topological polar surface area (TPSA) is 80.5 Å². The minimum absolute atomic E-state index is 0.109. The molecule has 1 fully saturated rings. The molecule has 0 radical (unpaired) electrons. The summed E-state index contributed by atoms with van der Waals surface area (Å²) in [5.74, 6) is 0. The molecule has 1 aliphatic heterocycles. The zero-order chi connectivity index (χ0) is 17.9. The number of nitro groups is 1. The maximum absolute atomic E-state index is 12.7. The zero-order valence-electron chi connectivity index (χ0n) is 14.1. The van der Waals surface area contributed by atoms with Crippen molar-refractivity contribution in [3.8, 4) is 0 Å². The molecule has 3 rings (SSSR count). The molecule has 134 valence electrons. The predicted molar refractivity (Wildman–Crippen MR) is 96.0 cm³/mol. The van der Waals surface area contributed by atoms with Crippen molar-refractivity contribution >= 4 is 15.5 Å². The summed E-state index contributed by atoms with van der Waals surface area (Å²) in [7, 11) is -3.58. The molecular weight excluding hydrogens is 340 g/mol. The first-order valence-corrected chi connectivity index (χ1v) is 10.1. The number of rotatable bonds is 5. The minimum atomic E-state index is -3.58. The summed E-state index contributed by atoms with van der Waals surface area (Å²) in [6.45, 7) is 3.16. The molecule has 1 aliphatic carbocycles. The van der Waals surface area contributed by atoms with Crippen LogP contribution in [0, 0.1) is 10.1 Å². The number of nitro benzene ring substituents is 1. The molecule has 0 bridgehead atoms. The van der Waals surface area contributed by atoms with Gasteiger partial charge >= 0.3 is 0 Å². The van der Waals surface area contributed by atoms with E-state index in [0.29, 0.717) is 11.3 Å². The molecule has 0 saturated carbocycles. The third-order valence-electron chi connectivity index (χ3n) is 4.78. The average Bonchev–Trinajstić information content (AvgIpc) is 2.63. The largest absolute Gasteiger partial charge is 0.299 e. The van der Waals surface area contributed by atoms with Gasteiger partial charge in [-0.05, 0) is 57.0 Å². The molecule has 25 heavy (non-hydrogen) atoms. The molecule has 6 nitrogen and oxygen atoms in total. The number of allylic oxidation sites excluding steroid dienone is 3. The van der Waals surface area contributed by atoms with Crippen LogP contribution >= 0.6 is 0 Å². The predicted octanol–water partition coefficient (Wildman–Crippen LogP) is 3.46. The lowest BCUT2D eigenvalue weighted by Crippen LogP contribution is -2.31. The second-order valence-electron chi connectivity index (χ2n) is 6.55. The van der Waals surface area contributed by atoms with Crippen molar-refractivity contribution in [2.24, 2.45) is 0 Å². The van der Waals surface area contributed by atoms with E-state index in [-0.39, 0.29) is 10.6 Å². The fourth-order valence-corrected chi connectivity index (χ4v) is 4.74. The maximum atomic E-state index is 12.7. The fourth-order valence-electron chi connectivity index (χ4n) is 3.32. The summed E-state index contributed by atoms with van der Waals surface area (Å²) >= 11 is 0. The summed E-state index contributed by atoms with van der Waals surface area (Å²) in [6.07, 6.45) is 8.63. The Morgan fingerprint density at radius 1 is 1.00 bits per heavy atom. The van der Waals surface area contributed by atoms with E-state index >= 15 is 0 Å². The molecule has 1 saturated heterocycles. The molecule has 0 unspecified atom stereocenters. The van der Waals surface area contributed by atoms with E-state index in [9.17, 15) is 18.5 Å². The van der Waals surface area contributed by atoms with Crippen LogP contribution in [0.3, 0.4) is 0 Å². The van der Waals surface area contributed by atoms with Gasteiger partial charge in [0, 0.05) is 23.6 Å². The van der Waals surface area contributed by atoms with Gasteiger partial charge in [-0.15, -0.1) is 0 Å². The van der Waals surface area contributed by atoms with E-state index in [1.807, 2.05) is 6.08 Å². The highest BCUT2D eigenvalue weighted by atomic mass is 32.2. The molecular formula is C18H22N2O4S. The normalized spacial score (nSPS) is 19.2. The van der Waals surface area contributed by atoms with E-state index in [4.69, 9.17) is 0 Å². The lowest BCUT2D eigenvalue weighted by Gasteiger charge is -2.28. The molecule has 2 aliphatic rings. The van der Waals surface area contributed by atoms with Crippen molar-refractivity contribution in [2.75, 3.05) is 19.6 Å². The number of benzene rings is 1. The summed E-state index contributed by atoms with van der Waals surface area (Å²) in [4.78, 5) is 13.1. The maximum Gasteiger partial charge on any atom is 0.269 e. The first-order chi connectivity index (χ1) is 12.0. The van der Waals surface area contributed by atoms with Crippen LogP contribution in [-0.4, -0.2) is 37.9 Å². The highest BCUT2D eigenvalue weighted by molar-refractivity contribution is 7.95. The van der Waals surface area contributed by atoms with Crippen molar-refractivity contribution in [3.05, 3.63) is 57.0 Å². The van der Waals surface area contributed by atoms with Crippen LogP contribution in [0.25, 0.3) is 0 Å². The Labute approximate surface area is 147 Å². The van der Waals surface area contributed by atoms with Gasteiger partial charge in [0.25, 0.3) is 5.69 Å². The molecule has 0 atom stereocenters. The summed E-state index contributed by atoms with van der Waals surface area (Å²) in [6, 6.07) is 5.07. The van der Waals surface area contributed by atoms with Gasteiger partial charge in [-0.3, -0.25) is 15.0 Å². The SMILES string of the molecule is O=[N+]([O-])c1ccc(S(=O)(=O)C2=CC=C(CN3CCCCC3)CC2)cc1. The molecule has 0 aromatic heterocycles. The Morgan fingerprint density at radius 2 is 1.68 bits per heavy atom. The molecule has 0 N–H and O–H groups in total. The number of hydrogen-bond acceptors (Lipinski definition) is 5. The van der Waals surface area contributed by atoms with Gasteiger partial charge in [-0.2, -0.15) is 0 Å². The average molecular weight is 362 g/mol. The molecule has 1 aromatic rings. The smallest absolute Gasteiger partial charge is 0.269 e. The first kappa shape index (κ1) is 17.8. The Kier molecular flexibility index (Phi) is 5.34. The summed E-state index contributed by atoms with van der Waals surface area (Å²) in [5.41, 5.74) is 1.16. The Hall–Kier alpha value is -1.99. The van der Waals surface area contributed by atoms with Crippen LogP contribution < -0.4 is 0 Å². The van der Waals surface area contributed by atoms with Crippen LogP contribution in [0.2, 0.25) is 0 Å². The van der Waals surface area contributed by atoms with E-state index in [0.717, 1.165) is 26.1 Å². The van der Waals surface area contributed by atoms with Crippen LogP contribution in [0.1, 0.15) is 32.1 Å². The highest BCUT2D eigenvalue weighted by Gasteiger charge is 2.23. The van der Waals surface area contributed by atoms with Crippen LogP contribution in [0.5, 0.6) is 0 Å². The van der Waals surface area contributed by atoms with Gasteiger partial charge in [0.2, 0.25) is 9.84 Å². The molecule has 0 spiro atoms. The Morgan fingerprint density at radius 3 is 2.24 bits per heavy atom. The quantitative estimate of drug-likeness (QED) is 0.592. The van der Waals surface area contributed by atoms with Crippen molar-refractivity contribution < 1.29 is 13.3 Å². The number of likely N-dealkylation sites (tertiary alicyclic amines) is 1. The molecule has 7 heteroatoms. The van der Waals surface area contributed by atoms with Crippen molar-refractivity contribution in [1.29, 1.82) is 0 Å². The zero-order valence-corrected chi connectivity index (χ0v) is 14.9. The highest BCUT2D eigenvalue weighted by Crippen LogP contribution is 2.29. The lowest BCUT2D eigenvalue weighted by atomic mass is 10.0. The van der Waals surface area contributed by atoms with Crippen molar-refractivity contribution in [2.45, 2.75) is 37.0 Å². The second kappa shape index (κ2) is 7.49. The number of piperidine rings is 1. The van der Waals surface area contributed by atoms with Crippen LogP contribution in [0.15, 0.2) is 51.8 Å². The fraction of sp³-hybridized carbons (Fsp3) is 0.444. The van der Waals surface area contributed by atoms with Gasteiger partial charge in [-0.1, -0.05) is 18.1 Å². The standard InChI is InChI=1S/C18H22N2O4S/c21-20(22)16-6-10-18(11-7-16)25(23,24)17-8-4-15(5-9-17)14-19-12-2-1-3-13-19/h4,6-8,10-11H,1-3,5,9,12-14H2. The van der Waals surface area contributed by atoms with E-state index in [1.165, 1.54) is 49.1 Å². The Balaban J connectivity index is 1.73. The van der Waals surface area contributed by atoms with Gasteiger partial charge in [-0.25, -0.2) is 8.42 Å². The first-order valence-electron chi connectivity index (χ1n) is 8.57. The van der Waals surface area contributed by atoms with E-state index in [1.54, 1.807) is 6.08 Å². The van der Waals surface area contributed by atoms with Gasteiger partial charge in [0.15, 0.2) is 0 Å². The third-order valence-corrected chi connectivity index (χ3v) is 6.70. The molecule has 1 heterocycles. The number of non-ortho nitro benzene ring substituents is 1. The monoisotopic (exact) mass is 362 g/mol. The number of sulfone groups is 1. The summed E-state index contributed by atoms with van der Waals surface area (Å²) in [5, 5.41) is 10.7. The number of nitrogens with zero attached hydrogens (tertiary/aromatic N) is 2. The van der Waals surface area contributed by atoms with E-state index in [2.05, 4.69) is 4.90 Å². The van der Waals surface area contributed by atoms with Crippen molar-refractivity contribution in [1.82, 2.24) is 4.90 Å². The lowest BCUT2D eigenvalue weighted by molar-refractivity contribution is -0.384. The van der Waals surface area contributed by atoms with Crippen molar-refractivity contribution in [3.63, 3.8) is 0 Å². The van der Waals surface area contributed by atoms with Gasteiger partial charge in [0.1, 0.15) is 0 Å². The van der Waals surface area contributed by atoms with Crippen LogP contribution in [-0.2, 0) is 9.84 Å². The van der Waals surface area contributed by atoms with Crippen LogP contribution in [0.4, 0.5) is 5.69 Å². The molecule has 0 amide bonds. The van der Waals surface area contributed by atoms with E-state index < -0.39 is 14.8 Å². The summed E-state index contributed by atoms with van der Waals surface area (Å²) < 4.78 is 25.4. The minimum Gasteiger partial charge on any atom is -0.299 e.